The van der Waals surface area contributed by atoms with E-state index in [0.29, 0.717) is 5.69 Å². The van der Waals surface area contributed by atoms with Gasteiger partial charge in [-0.25, -0.2) is 4.39 Å². The summed E-state index contributed by atoms with van der Waals surface area (Å²) in [6.45, 7) is 10.7. The number of hydrogen-bond acceptors (Lipinski definition) is 3. The fourth-order valence-electron chi connectivity index (χ4n) is 2.62. The number of nitrogens with one attached hydrogen (secondary N) is 1. The lowest BCUT2D eigenvalue weighted by molar-refractivity contribution is -0.121. The maximum absolute atomic E-state index is 13.2. The van der Waals surface area contributed by atoms with Gasteiger partial charge in [-0.15, -0.1) is 0 Å². The van der Waals surface area contributed by atoms with Crippen LogP contribution in [-0.4, -0.2) is 54.5 Å². The third-order valence-electron chi connectivity index (χ3n) is 4.18. The Bertz CT molecular complexity index is 561. The zero-order valence-electron chi connectivity index (χ0n) is 14.2. The van der Waals surface area contributed by atoms with Crippen molar-refractivity contribution in [1.29, 1.82) is 0 Å². The lowest BCUT2D eigenvalue weighted by atomic mass is 10.2. The smallest absolute Gasteiger partial charge is 0.241 e. The highest BCUT2D eigenvalue weighted by molar-refractivity contribution is 5.94. The second kappa shape index (κ2) is 8.22. The number of carbonyl (C=O) groups excluding carboxylic acids is 1. The molecular weight excluding hydrogens is 293 g/mol. The molecule has 1 heterocycles. The normalized spacial score (nSPS) is 17.6. The first-order chi connectivity index (χ1) is 11.0. The Balaban J connectivity index is 1.83. The lowest BCUT2D eigenvalue weighted by Gasteiger charge is -2.37. The number of anilines is 1. The Morgan fingerprint density at radius 2 is 2.00 bits per heavy atom. The van der Waals surface area contributed by atoms with E-state index in [1.807, 2.05) is 6.92 Å². The summed E-state index contributed by atoms with van der Waals surface area (Å²) >= 11 is 0. The number of hydrogen-bond donors (Lipinski definition) is 1. The molecule has 23 heavy (non-hydrogen) atoms. The van der Waals surface area contributed by atoms with Gasteiger partial charge < -0.3 is 5.32 Å². The third-order valence-corrected chi connectivity index (χ3v) is 4.18. The van der Waals surface area contributed by atoms with Gasteiger partial charge in [0.2, 0.25) is 5.91 Å². The van der Waals surface area contributed by atoms with E-state index >= 15 is 0 Å². The molecule has 126 valence electrons. The summed E-state index contributed by atoms with van der Waals surface area (Å²) in [5.41, 5.74) is 1.83. The minimum atomic E-state index is -0.344. The molecule has 4 nitrogen and oxygen atoms in total. The van der Waals surface area contributed by atoms with E-state index < -0.39 is 0 Å². The minimum Gasteiger partial charge on any atom is -0.325 e. The highest BCUT2D eigenvalue weighted by Crippen LogP contribution is 2.12. The summed E-state index contributed by atoms with van der Waals surface area (Å²) in [5.74, 6) is -0.434. The van der Waals surface area contributed by atoms with Gasteiger partial charge in [0, 0.05) is 38.4 Å². The molecule has 0 radical (unpaired) electrons. The average molecular weight is 319 g/mol. The van der Waals surface area contributed by atoms with E-state index in [0.717, 1.165) is 32.7 Å². The van der Waals surface area contributed by atoms with E-state index in [4.69, 9.17) is 0 Å². The highest BCUT2D eigenvalue weighted by Gasteiger charge is 2.25. The molecule has 1 amide bonds. The van der Waals surface area contributed by atoms with Gasteiger partial charge in [0.15, 0.2) is 0 Å². The second-order valence-electron chi connectivity index (χ2n) is 6.29. The topological polar surface area (TPSA) is 35.6 Å². The van der Waals surface area contributed by atoms with Crippen molar-refractivity contribution in [3.63, 3.8) is 0 Å². The van der Waals surface area contributed by atoms with Gasteiger partial charge in [0.05, 0.1) is 6.04 Å². The summed E-state index contributed by atoms with van der Waals surface area (Å²) < 4.78 is 13.2. The molecule has 1 fully saturated rings. The largest absolute Gasteiger partial charge is 0.325 e. The van der Waals surface area contributed by atoms with Crippen LogP contribution in [0.4, 0.5) is 10.1 Å². The zero-order valence-corrected chi connectivity index (χ0v) is 14.2. The van der Waals surface area contributed by atoms with Gasteiger partial charge in [0.1, 0.15) is 5.82 Å². The van der Waals surface area contributed by atoms with Crippen LogP contribution in [0.25, 0.3) is 0 Å². The van der Waals surface area contributed by atoms with Gasteiger partial charge in [-0.1, -0.05) is 17.7 Å². The first-order valence-electron chi connectivity index (χ1n) is 8.12. The van der Waals surface area contributed by atoms with Gasteiger partial charge in [0.25, 0.3) is 0 Å². The third kappa shape index (κ3) is 5.44. The van der Waals surface area contributed by atoms with Crippen molar-refractivity contribution < 1.29 is 9.18 Å². The highest BCUT2D eigenvalue weighted by atomic mass is 19.1. The quantitative estimate of drug-likeness (QED) is 0.848. The summed E-state index contributed by atoms with van der Waals surface area (Å²) in [6.07, 6.45) is 2.23. The van der Waals surface area contributed by atoms with Crippen molar-refractivity contribution in [2.45, 2.75) is 26.8 Å². The predicted molar refractivity (Wildman–Crippen MR) is 91.9 cm³/mol. The molecule has 1 aromatic carbocycles. The fraction of sp³-hybridized carbons (Fsp3) is 0.500. The zero-order chi connectivity index (χ0) is 16.8. The first kappa shape index (κ1) is 17.6. The standard InChI is InChI=1S/C18H26FN3O/c1-14(2)7-8-21-9-11-22(12-10-21)15(3)18(23)20-17-6-4-5-16(19)13-17/h4-7,13,15H,8-12H2,1-3H3,(H,20,23)/t15-/m1/s1. The van der Waals surface area contributed by atoms with E-state index in [2.05, 4.69) is 35.0 Å². The monoisotopic (exact) mass is 319 g/mol. The Hall–Kier alpha value is -1.72. The molecule has 0 saturated carbocycles. The van der Waals surface area contributed by atoms with Crippen molar-refractivity contribution in [1.82, 2.24) is 9.80 Å². The van der Waals surface area contributed by atoms with Crippen LogP contribution < -0.4 is 5.32 Å². The summed E-state index contributed by atoms with van der Waals surface area (Å²) in [5, 5.41) is 2.79. The summed E-state index contributed by atoms with van der Waals surface area (Å²) in [6, 6.07) is 5.78. The molecule has 1 N–H and O–H groups in total. The van der Waals surface area contributed by atoms with Crippen LogP contribution in [0, 0.1) is 5.82 Å². The second-order valence-corrected chi connectivity index (χ2v) is 6.29. The minimum absolute atomic E-state index is 0.0895. The Kier molecular flexibility index (Phi) is 6.30. The van der Waals surface area contributed by atoms with Crippen LogP contribution in [0.1, 0.15) is 20.8 Å². The molecule has 5 heteroatoms. The van der Waals surface area contributed by atoms with Crippen molar-refractivity contribution in [2.24, 2.45) is 0 Å². The average Bonchev–Trinajstić information content (AvgIpc) is 2.52. The van der Waals surface area contributed by atoms with Gasteiger partial charge in [-0.05, 0) is 39.0 Å². The molecule has 1 aliphatic heterocycles. The van der Waals surface area contributed by atoms with Crippen LogP contribution >= 0.6 is 0 Å². The number of allylic oxidation sites excluding steroid dienone is 1. The number of rotatable bonds is 5. The molecule has 1 saturated heterocycles. The fourth-order valence-corrected chi connectivity index (χ4v) is 2.62. The molecule has 0 aromatic heterocycles. The predicted octanol–water partition coefficient (Wildman–Crippen LogP) is 2.74. The number of nitrogens with zero attached hydrogens (tertiary/aromatic N) is 2. The number of halogens is 1. The number of piperazine rings is 1. The molecule has 0 spiro atoms. The molecule has 0 bridgehead atoms. The number of benzene rings is 1. The van der Waals surface area contributed by atoms with Crippen LogP contribution in [0.2, 0.25) is 0 Å². The molecule has 1 aliphatic rings. The van der Waals surface area contributed by atoms with Gasteiger partial charge >= 0.3 is 0 Å². The Labute approximate surface area is 138 Å². The molecule has 1 atom stereocenters. The van der Waals surface area contributed by atoms with E-state index in [1.165, 1.54) is 17.7 Å². The van der Waals surface area contributed by atoms with E-state index in [9.17, 15) is 9.18 Å². The molecule has 1 aromatic rings. The molecule has 2 rings (SSSR count). The number of amides is 1. The molecule has 0 aliphatic carbocycles. The van der Waals surface area contributed by atoms with Gasteiger partial charge in [-0.2, -0.15) is 0 Å². The van der Waals surface area contributed by atoms with Crippen molar-refractivity contribution in [3.8, 4) is 0 Å². The first-order valence-corrected chi connectivity index (χ1v) is 8.12. The lowest BCUT2D eigenvalue weighted by Crippen LogP contribution is -2.52. The number of carbonyl (C=O) groups is 1. The summed E-state index contributed by atoms with van der Waals surface area (Å²) in [4.78, 5) is 16.9. The van der Waals surface area contributed by atoms with Crippen LogP contribution in [0.15, 0.2) is 35.9 Å². The van der Waals surface area contributed by atoms with Crippen LogP contribution in [0.5, 0.6) is 0 Å². The van der Waals surface area contributed by atoms with Crippen LogP contribution in [-0.2, 0) is 4.79 Å². The Morgan fingerprint density at radius 3 is 2.61 bits per heavy atom. The molecule has 0 unspecified atom stereocenters. The SMILES string of the molecule is CC(C)=CCN1CCN([C@H](C)C(=O)Nc2cccc(F)c2)CC1. The van der Waals surface area contributed by atoms with Crippen LogP contribution in [0.3, 0.4) is 0 Å². The van der Waals surface area contributed by atoms with Crippen molar-refractivity contribution in [2.75, 3.05) is 38.0 Å². The van der Waals surface area contributed by atoms with Gasteiger partial charge in [-0.3, -0.25) is 14.6 Å². The summed E-state index contributed by atoms with van der Waals surface area (Å²) in [7, 11) is 0. The Morgan fingerprint density at radius 1 is 1.30 bits per heavy atom. The van der Waals surface area contributed by atoms with Crippen molar-refractivity contribution in [3.05, 3.63) is 41.7 Å². The van der Waals surface area contributed by atoms with Crippen molar-refractivity contribution >= 4 is 11.6 Å². The maximum Gasteiger partial charge on any atom is 0.241 e. The van der Waals surface area contributed by atoms with E-state index in [1.54, 1.807) is 12.1 Å². The van der Waals surface area contributed by atoms with E-state index in [-0.39, 0.29) is 17.8 Å². The molecular formula is C18H26FN3O. The maximum atomic E-state index is 13.2.